The highest BCUT2D eigenvalue weighted by Gasteiger charge is 2.34. The van der Waals surface area contributed by atoms with E-state index in [1.165, 1.54) is 0 Å². The molecule has 0 aliphatic heterocycles. The molecule has 0 aliphatic rings. The van der Waals surface area contributed by atoms with Gasteiger partial charge in [0.05, 0.1) is 0 Å². The Labute approximate surface area is 115 Å². The smallest absolute Gasteiger partial charge is 0.221 e. The van der Waals surface area contributed by atoms with Crippen LogP contribution in [0.25, 0.3) is 0 Å². The Bertz CT molecular complexity index is 516. The van der Waals surface area contributed by atoms with E-state index in [2.05, 4.69) is 19.1 Å². The van der Waals surface area contributed by atoms with E-state index < -0.39 is 5.79 Å². The number of hydrogen-bond donors (Lipinski definition) is 0. The van der Waals surface area contributed by atoms with Gasteiger partial charge in [-0.25, -0.2) is 0 Å². The van der Waals surface area contributed by atoms with E-state index in [-0.39, 0.29) is 0 Å². The first-order valence-electron chi connectivity index (χ1n) is 6.31. The fourth-order valence-corrected chi connectivity index (χ4v) is 2.31. The fraction of sp³-hybridized carbons (Fsp3) is 0.235. The minimum absolute atomic E-state index is 0.742. The Morgan fingerprint density at radius 1 is 0.895 bits per heavy atom. The van der Waals surface area contributed by atoms with Gasteiger partial charge in [0.2, 0.25) is 5.79 Å². The second-order valence-corrected chi connectivity index (χ2v) is 4.34. The molecule has 0 N–H and O–H groups in total. The van der Waals surface area contributed by atoms with Crippen molar-refractivity contribution in [2.24, 2.45) is 0 Å². The lowest BCUT2D eigenvalue weighted by atomic mass is 9.95. The van der Waals surface area contributed by atoms with Gasteiger partial charge in [0.1, 0.15) is 0 Å². The number of hydrogen-bond acceptors (Lipinski definition) is 2. The lowest BCUT2D eigenvalue weighted by Gasteiger charge is -2.32. The zero-order valence-electron chi connectivity index (χ0n) is 11.4. The monoisotopic (exact) mass is 255 g/mol. The minimum atomic E-state index is -0.869. The van der Waals surface area contributed by atoms with Crippen LogP contribution < -0.4 is 0 Å². The van der Waals surface area contributed by atoms with Crippen LogP contribution in [0.2, 0.25) is 0 Å². The average molecular weight is 255 g/mol. The summed E-state index contributed by atoms with van der Waals surface area (Å²) in [6, 6.07) is 18.1. The van der Waals surface area contributed by atoms with Crippen molar-refractivity contribution in [1.29, 1.82) is 0 Å². The Kier molecular flexibility index (Phi) is 4.35. The molecule has 0 unspecified atom stereocenters. The van der Waals surface area contributed by atoms with Crippen LogP contribution in [0.5, 0.6) is 0 Å². The molecule has 0 aliphatic carbocycles. The van der Waals surface area contributed by atoms with E-state index in [4.69, 9.17) is 9.47 Å². The standard InChI is InChI=1S/C17H19O2/c1-4-14-9-8-12-16(13-14)17(18-2,19-3)15-10-6-5-7-11-15/h5-13H,1,4H2,2-3H3. The number of methoxy groups -OCH3 is 2. The van der Waals surface area contributed by atoms with Gasteiger partial charge < -0.3 is 9.47 Å². The first-order chi connectivity index (χ1) is 9.26. The maximum atomic E-state index is 5.72. The van der Waals surface area contributed by atoms with Crippen molar-refractivity contribution in [3.63, 3.8) is 0 Å². The summed E-state index contributed by atoms with van der Waals surface area (Å²) in [6.07, 6.45) is 0.742. The van der Waals surface area contributed by atoms with Crippen molar-refractivity contribution in [2.45, 2.75) is 12.2 Å². The Morgan fingerprint density at radius 2 is 1.53 bits per heavy atom. The van der Waals surface area contributed by atoms with E-state index in [1.54, 1.807) is 14.2 Å². The van der Waals surface area contributed by atoms with Crippen molar-refractivity contribution >= 4 is 0 Å². The van der Waals surface area contributed by atoms with E-state index in [0.29, 0.717) is 0 Å². The fourth-order valence-electron chi connectivity index (χ4n) is 2.31. The molecule has 2 aromatic rings. The number of benzene rings is 2. The molecule has 99 valence electrons. The molecule has 2 aromatic carbocycles. The van der Waals surface area contributed by atoms with Crippen LogP contribution in [0.15, 0.2) is 54.6 Å². The third-order valence-electron chi connectivity index (χ3n) is 3.32. The maximum Gasteiger partial charge on any atom is 0.221 e. The summed E-state index contributed by atoms with van der Waals surface area (Å²) >= 11 is 0. The van der Waals surface area contributed by atoms with Crippen molar-refractivity contribution in [3.8, 4) is 0 Å². The molecule has 0 spiro atoms. The normalized spacial score (nSPS) is 11.5. The number of rotatable bonds is 5. The SMILES string of the molecule is [CH2]Cc1cccc(C(OC)(OC)c2ccccc2)c1. The van der Waals surface area contributed by atoms with Gasteiger partial charge in [-0.1, -0.05) is 54.6 Å². The molecule has 0 heterocycles. The average Bonchev–Trinajstić information content (AvgIpc) is 2.50. The molecule has 2 heteroatoms. The lowest BCUT2D eigenvalue weighted by Crippen LogP contribution is -2.32. The molecule has 2 nitrogen and oxygen atoms in total. The predicted octanol–water partition coefficient (Wildman–Crippen LogP) is 3.56. The highest BCUT2D eigenvalue weighted by atomic mass is 16.7. The molecule has 0 amide bonds. The summed E-state index contributed by atoms with van der Waals surface area (Å²) in [5.74, 6) is -0.869. The topological polar surface area (TPSA) is 18.5 Å². The molecule has 0 saturated carbocycles. The van der Waals surface area contributed by atoms with Crippen LogP contribution in [-0.2, 0) is 21.7 Å². The summed E-state index contributed by atoms with van der Waals surface area (Å²) in [5, 5.41) is 0. The maximum absolute atomic E-state index is 5.72. The van der Waals surface area contributed by atoms with E-state index >= 15 is 0 Å². The highest BCUT2D eigenvalue weighted by Crippen LogP contribution is 2.34. The summed E-state index contributed by atoms with van der Waals surface area (Å²) in [6.45, 7) is 3.92. The zero-order chi connectivity index (χ0) is 13.7. The third-order valence-corrected chi connectivity index (χ3v) is 3.32. The van der Waals surface area contributed by atoms with Crippen molar-refractivity contribution in [3.05, 3.63) is 78.2 Å². The molecule has 0 bridgehead atoms. The minimum Gasteiger partial charge on any atom is -0.346 e. The van der Waals surface area contributed by atoms with Crippen LogP contribution in [0, 0.1) is 6.92 Å². The van der Waals surface area contributed by atoms with E-state index in [0.717, 1.165) is 23.1 Å². The Morgan fingerprint density at radius 3 is 2.11 bits per heavy atom. The lowest BCUT2D eigenvalue weighted by molar-refractivity contribution is -0.183. The quantitative estimate of drug-likeness (QED) is 0.761. The molecule has 0 saturated heterocycles. The van der Waals surface area contributed by atoms with Gasteiger partial charge in [0.25, 0.3) is 0 Å². The Balaban J connectivity index is 2.55. The van der Waals surface area contributed by atoms with Crippen molar-refractivity contribution in [1.82, 2.24) is 0 Å². The first-order valence-corrected chi connectivity index (χ1v) is 6.31. The second kappa shape index (κ2) is 6.00. The van der Waals surface area contributed by atoms with Gasteiger partial charge in [-0.3, -0.25) is 0 Å². The first kappa shape index (κ1) is 13.8. The van der Waals surface area contributed by atoms with Gasteiger partial charge in [0.15, 0.2) is 0 Å². The van der Waals surface area contributed by atoms with Crippen LogP contribution in [0.4, 0.5) is 0 Å². The molecule has 0 aromatic heterocycles. The van der Waals surface area contributed by atoms with Gasteiger partial charge >= 0.3 is 0 Å². The van der Waals surface area contributed by atoms with Gasteiger partial charge in [-0.15, -0.1) is 0 Å². The van der Waals surface area contributed by atoms with Gasteiger partial charge in [-0.05, 0) is 18.9 Å². The van der Waals surface area contributed by atoms with E-state index in [1.807, 2.05) is 42.5 Å². The summed E-state index contributed by atoms with van der Waals surface area (Å²) < 4.78 is 11.4. The molecular formula is C17H19O2. The molecule has 1 radical (unpaired) electrons. The van der Waals surface area contributed by atoms with Crippen LogP contribution in [0.3, 0.4) is 0 Å². The Hall–Kier alpha value is -1.64. The second-order valence-electron chi connectivity index (χ2n) is 4.34. The van der Waals surface area contributed by atoms with Crippen LogP contribution >= 0.6 is 0 Å². The third kappa shape index (κ3) is 2.55. The molecule has 0 fully saturated rings. The van der Waals surface area contributed by atoms with Crippen LogP contribution in [0.1, 0.15) is 16.7 Å². The van der Waals surface area contributed by atoms with Crippen LogP contribution in [-0.4, -0.2) is 14.2 Å². The summed E-state index contributed by atoms with van der Waals surface area (Å²) in [5.41, 5.74) is 3.11. The molecule has 2 rings (SSSR count). The van der Waals surface area contributed by atoms with Crippen molar-refractivity contribution in [2.75, 3.05) is 14.2 Å². The number of ether oxygens (including phenoxy) is 2. The molecule has 0 atom stereocenters. The zero-order valence-corrected chi connectivity index (χ0v) is 11.4. The summed E-state index contributed by atoms with van der Waals surface area (Å²) in [7, 11) is 3.32. The van der Waals surface area contributed by atoms with Gasteiger partial charge in [0, 0.05) is 25.3 Å². The largest absolute Gasteiger partial charge is 0.346 e. The molecule has 19 heavy (non-hydrogen) atoms. The van der Waals surface area contributed by atoms with Gasteiger partial charge in [-0.2, -0.15) is 0 Å². The predicted molar refractivity (Wildman–Crippen MR) is 76.7 cm³/mol. The van der Waals surface area contributed by atoms with E-state index in [9.17, 15) is 0 Å². The highest BCUT2D eigenvalue weighted by molar-refractivity contribution is 5.36. The molecular weight excluding hydrogens is 236 g/mol. The summed E-state index contributed by atoms with van der Waals surface area (Å²) in [4.78, 5) is 0. The van der Waals surface area contributed by atoms with Crippen molar-refractivity contribution < 1.29 is 9.47 Å².